The third-order valence-corrected chi connectivity index (χ3v) is 1.72. The quantitative estimate of drug-likeness (QED) is 0.759. The lowest BCUT2D eigenvalue weighted by Crippen LogP contribution is -2.09. The van der Waals surface area contributed by atoms with Crippen LogP contribution in [-0.4, -0.2) is 16.5 Å². The lowest BCUT2D eigenvalue weighted by molar-refractivity contribution is 0.759. The molecule has 0 radical (unpaired) electrons. The van der Waals surface area contributed by atoms with Crippen LogP contribution in [0.15, 0.2) is 12.4 Å². The first-order chi connectivity index (χ1) is 5.24. The second kappa shape index (κ2) is 5.06. The summed E-state index contributed by atoms with van der Waals surface area (Å²) in [5.41, 5.74) is 6.60. The molecule has 1 rings (SSSR count). The summed E-state index contributed by atoms with van der Waals surface area (Å²) in [5, 5.41) is 0. The van der Waals surface area contributed by atoms with Crippen molar-refractivity contribution in [1.29, 1.82) is 0 Å². The molecule has 0 aliphatic carbocycles. The van der Waals surface area contributed by atoms with Gasteiger partial charge in [0.05, 0.1) is 0 Å². The number of hydrogen-bond donors (Lipinski definition) is 1. The Bertz CT molecular complexity index is 222. The fourth-order valence-electron chi connectivity index (χ4n) is 0.793. The van der Waals surface area contributed by atoms with Gasteiger partial charge in [-0.2, -0.15) is 0 Å². The zero-order chi connectivity index (χ0) is 8.27. The Hall–Kier alpha value is -0.670. The van der Waals surface area contributed by atoms with E-state index >= 15 is 0 Å². The summed E-state index contributed by atoms with van der Waals surface area (Å²) in [7, 11) is 0. The lowest BCUT2D eigenvalue weighted by Gasteiger charge is -2.06. The fraction of sp³-hybridized carbons (Fsp3) is 0.500. The van der Waals surface area contributed by atoms with E-state index < -0.39 is 0 Å². The molecule has 3 nitrogen and oxygen atoms in total. The molecule has 0 saturated heterocycles. The van der Waals surface area contributed by atoms with Crippen LogP contribution in [0.5, 0.6) is 0 Å². The van der Waals surface area contributed by atoms with Crippen LogP contribution in [0.4, 0.5) is 0 Å². The highest BCUT2D eigenvalue weighted by molar-refractivity contribution is 5.85. The summed E-state index contributed by atoms with van der Waals surface area (Å²) in [6.45, 7) is 4.58. The molecule has 68 valence electrons. The predicted octanol–water partition coefficient (Wildman–Crippen LogP) is 1.27. The zero-order valence-corrected chi connectivity index (χ0v) is 8.14. The van der Waals surface area contributed by atoms with E-state index in [1.54, 1.807) is 0 Å². The maximum absolute atomic E-state index is 5.49. The second-order valence-corrected chi connectivity index (χ2v) is 2.70. The van der Waals surface area contributed by atoms with Crippen molar-refractivity contribution in [2.45, 2.75) is 19.8 Å². The minimum Gasteiger partial charge on any atom is -0.330 e. The van der Waals surface area contributed by atoms with Gasteiger partial charge in [-0.05, 0) is 24.9 Å². The number of aryl methyl sites for hydroxylation is 1. The van der Waals surface area contributed by atoms with Gasteiger partial charge >= 0.3 is 0 Å². The molecule has 0 fully saturated rings. The first kappa shape index (κ1) is 11.3. The smallest absolute Gasteiger partial charge is 0.125 e. The molecule has 1 aromatic rings. The Labute approximate surface area is 78.8 Å². The van der Waals surface area contributed by atoms with E-state index in [0.29, 0.717) is 12.5 Å². The van der Waals surface area contributed by atoms with Crippen molar-refractivity contribution in [2.24, 2.45) is 5.73 Å². The Kier molecular flexibility index (Phi) is 4.78. The summed E-state index contributed by atoms with van der Waals surface area (Å²) in [4.78, 5) is 8.16. The third kappa shape index (κ3) is 2.75. The van der Waals surface area contributed by atoms with Gasteiger partial charge in [0, 0.05) is 12.4 Å². The van der Waals surface area contributed by atoms with Crippen molar-refractivity contribution < 1.29 is 0 Å². The van der Waals surface area contributed by atoms with Crippen molar-refractivity contribution in [3.05, 3.63) is 23.8 Å². The molecule has 0 unspecified atom stereocenters. The topological polar surface area (TPSA) is 51.8 Å². The Morgan fingerprint density at radius 3 is 2.33 bits per heavy atom. The van der Waals surface area contributed by atoms with Crippen LogP contribution in [0.25, 0.3) is 0 Å². The molecule has 1 atom stereocenters. The van der Waals surface area contributed by atoms with Gasteiger partial charge in [0.2, 0.25) is 0 Å². The fourth-order valence-corrected chi connectivity index (χ4v) is 0.793. The average molecular weight is 188 g/mol. The highest BCUT2D eigenvalue weighted by Crippen LogP contribution is 2.09. The maximum Gasteiger partial charge on any atom is 0.125 e. The number of aromatic nitrogens is 2. The standard InChI is InChI=1S/C8H13N3.ClH/c1-6(3-9)8-4-10-7(2)11-5-8;/h4-6H,3,9H2,1-2H3;1H/t6-;/m1./s1. The summed E-state index contributed by atoms with van der Waals surface area (Å²) < 4.78 is 0. The number of rotatable bonds is 2. The van der Waals surface area contributed by atoms with Gasteiger partial charge in [-0.25, -0.2) is 9.97 Å². The molecule has 0 bridgehead atoms. The van der Waals surface area contributed by atoms with Crippen molar-refractivity contribution >= 4 is 12.4 Å². The summed E-state index contributed by atoms with van der Waals surface area (Å²) in [6, 6.07) is 0. The largest absolute Gasteiger partial charge is 0.330 e. The molecule has 0 amide bonds. The highest BCUT2D eigenvalue weighted by atomic mass is 35.5. The average Bonchev–Trinajstić information content (AvgIpc) is 2.05. The van der Waals surface area contributed by atoms with Gasteiger partial charge in [0.15, 0.2) is 0 Å². The van der Waals surface area contributed by atoms with Crippen molar-refractivity contribution in [3.8, 4) is 0 Å². The van der Waals surface area contributed by atoms with E-state index in [2.05, 4.69) is 16.9 Å². The molecule has 0 aliphatic heterocycles. The molecule has 1 heterocycles. The summed E-state index contributed by atoms with van der Waals surface area (Å²) in [5.74, 6) is 1.16. The van der Waals surface area contributed by atoms with Gasteiger partial charge in [-0.15, -0.1) is 12.4 Å². The molecular formula is C8H14ClN3. The first-order valence-corrected chi connectivity index (χ1v) is 3.72. The van der Waals surface area contributed by atoms with Crippen LogP contribution < -0.4 is 5.73 Å². The van der Waals surface area contributed by atoms with E-state index in [9.17, 15) is 0 Å². The Morgan fingerprint density at radius 1 is 1.42 bits per heavy atom. The minimum atomic E-state index is 0. The van der Waals surface area contributed by atoms with E-state index in [0.717, 1.165) is 11.4 Å². The summed E-state index contributed by atoms with van der Waals surface area (Å²) >= 11 is 0. The van der Waals surface area contributed by atoms with Crippen molar-refractivity contribution in [3.63, 3.8) is 0 Å². The number of nitrogens with two attached hydrogens (primary N) is 1. The second-order valence-electron chi connectivity index (χ2n) is 2.70. The molecule has 12 heavy (non-hydrogen) atoms. The molecule has 1 aromatic heterocycles. The molecule has 0 spiro atoms. The minimum absolute atomic E-state index is 0. The first-order valence-electron chi connectivity index (χ1n) is 3.72. The predicted molar refractivity (Wildman–Crippen MR) is 51.5 cm³/mol. The lowest BCUT2D eigenvalue weighted by atomic mass is 10.1. The van der Waals surface area contributed by atoms with Crippen LogP contribution in [-0.2, 0) is 0 Å². The molecule has 0 aliphatic rings. The maximum atomic E-state index is 5.49. The van der Waals surface area contributed by atoms with Gasteiger partial charge in [0.1, 0.15) is 5.82 Å². The molecule has 0 aromatic carbocycles. The highest BCUT2D eigenvalue weighted by Gasteiger charge is 2.02. The third-order valence-electron chi connectivity index (χ3n) is 1.72. The SMILES string of the molecule is Cc1ncc([C@H](C)CN)cn1.Cl. The van der Waals surface area contributed by atoms with Crippen molar-refractivity contribution in [1.82, 2.24) is 9.97 Å². The summed E-state index contributed by atoms with van der Waals surface area (Å²) in [6.07, 6.45) is 3.67. The van der Waals surface area contributed by atoms with E-state index in [-0.39, 0.29) is 12.4 Å². The Morgan fingerprint density at radius 2 is 1.92 bits per heavy atom. The number of hydrogen-bond acceptors (Lipinski definition) is 3. The molecule has 4 heteroatoms. The van der Waals surface area contributed by atoms with Crippen LogP contribution in [0.3, 0.4) is 0 Å². The van der Waals surface area contributed by atoms with Gasteiger partial charge in [-0.1, -0.05) is 6.92 Å². The molecular weight excluding hydrogens is 174 g/mol. The zero-order valence-electron chi connectivity index (χ0n) is 7.32. The molecule has 0 saturated carbocycles. The number of halogens is 1. The Balaban J connectivity index is 0.00000121. The monoisotopic (exact) mass is 187 g/mol. The van der Waals surface area contributed by atoms with Gasteiger partial charge in [-0.3, -0.25) is 0 Å². The van der Waals surface area contributed by atoms with Crippen LogP contribution in [0.1, 0.15) is 24.2 Å². The van der Waals surface area contributed by atoms with E-state index in [4.69, 9.17) is 5.73 Å². The van der Waals surface area contributed by atoms with E-state index in [1.807, 2.05) is 19.3 Å². The number of nitrogens with zero attached hydrogens (tertiary/aromatic N) is 2. The van der Waals surface area contributed by atoms with Gasteiger partial charge < -0.3 is 5.73 Å². The van der Waals surface area contributed by atoms with E-state index in [1.165, 1.54) is 0 Å². The van der Waals surface area contributed by atoms with Crippen LogP contribution >= 0.6 is 12.4 Å². The van der Waals surface area contributed by atoms with Crippen LogP contribution in [0, 0.1) is 6.92 Å². The molecule has 2 N–H and O–H groups in total. The normalized spacial score (nSPS) is 11.9. The van der Waals surface area contributed by atoms with Gasteiger partial charge in [0.25, 0.3) is 0 Å². The van der Waals surface area contributed by atoms with Crippen molar-refractivity contribution in [2.75, 3.05) is 6.54 Å². The van der Waals surface area contributed by atoms with Crippen LogP contribution in [0.2, 0.25) is 0 Å².